The van der Waals surface area contributed by atoms with E-state index in [-0.39, 0.29) is 5.82 Å². The second-order valence-corrected chi connectivity index (χ2v) is 9.24. The van der Waals surface area contributed by atoms with Gasteiger partial charge in [-0.15, -0.1) is 0 Å². The third-order valence-corrected chi connectivity index (χ3v) is 6.64. The Morgan fingerprint density at radius 3 is 2.74 bits per heavy atom. The molecule has 158 valence electrons. The largest absolute Gasteiger partial charge is 0.371 e. The molecule has 1 saturated heterocycles. The number of aldehydes is 1. The fourth-order valence-electron chi connectivity index (χ4n) is 4.24. The maximum Gasteiger partial charge on any atom is 0.152 e. The van der Waals surface area contributed by atoms with Crippen molar-refractivity contribution in [3.8, 4) is 11.1 Å². The van der Waals surface area contributed by atoms with Gasteiger partial charge in [0.25, 0.3) is 0 Å². The van der Waals surface area contributed by atoms with Gasteiger partial charge >= 0.3 is 0 Å². The SMILES string of the molecule is O=Cc1cnc2c(c1)c(-c1cc(F)c3nccc(N4CCCCC4)c3c1)cn2SOI. The molecule has 1 fully saturated rings. The molecule has 1 aliphatic heterocycles. The van der Waals surface area contributed by atoms with Crippen LogP contribution in [0.4, 0.5) is 10.1 Å². The van der Waals surface area contributed by atoms with Crippen molar-refractivity contribution in [3.63, 3.8) is 0 Å². The monoisotopic (exact) mass is 548 g/mol. The molecule has 3 aromatic heterocycles. The van der Waals surface area contributed by atoms with Crippen LogP contribution in [0.25, 0.3) is 33.1 Å². The molecular weight excluding hydrogens is 530 g/mol. The molecule has 0 radical (unpaired) electrons. The number of halogens is 2. The minimum atomic E-state index is -0.371. The number of hydrogen-bond acceptors (Lipinski definition) is 6. The molecule has 0 atom stereocenters. The summed E-state index contributed by atoms with van der Waals surface area (Å²) in [5, 5.41) is 1.55. The highest BCUT2D eigenvalue weighted by molar-refractivity contribution is 14.1. The van der Waals surface area contributed by atoms with Crippen molar-refractivity contribution in [2.75, 3.05) is 18.0 Å². The number of carbonyl (C=O) groups is 1. The van der Waals surface area contributed by atoms with Crippen molar-refractivity contribution in [2.24, 2.45) is 0 Å². The topological polar surface area (TPSA) is 60.2 Å². The Kier molecular flexibility index (Phi) is 5.81. The van der Waals surface area contributed by atoms with Crippen LogP contribution in [-0.4, -0.2) is 33.3 Å². The van der Waals surface area contributed by atoms with Gasteiger partial charge in [-0.1, -0.05) is 0 Å². The Labute approximate surface area is 196 Å². The van der Waals surface area contributed by atoms with Crippen LogP contribution in [0, 0.1) is 5.82 Å². The Hall–Kier alpha value is -2.24. The number of carbonyl (C=O) groups excluding carboxylic acids is 1. The number of aromatic nitrogens is 3. The van der Waals surface area contributed by atoms with Crippen LogP contribution in [0.3, 0.4) is 0 Å². The quantitative estimate of drug-likeness (QED) is 0.174. The second kappa shape index (κ2) is 8.71. The average Bonchev–Trinajstić information content (AvgIpc) is 3.17. The summed E-state index contributed by atoms with van der Waals surface area (Å²) in [5.41, 5.74) is 3.97. The molecule has 4 heterocycles. The fourth-order valence-corrected chi connectivity index (χ4v) is 5.19. The van der Waals surface area contributed by atoms with Crippen LogP contribution in [0.5, 0.6) is 0 Å². The van der Waals surface area contributed by atoms with E-state index in [1.165, 1.54) is 18.7 Å². The van der Waals surface area contributed by atoms with Crippen LogP contribution < -0.4 is 4.90 Å². The minimum Gasteiger partial charge on any atom is -0.371 e. The van der Waals surface area contributed by atoms with E-state index in [0.29, 0.717) is 22.3 Å². The van der Waals surface area contributed by atoms with E-state index in [4.69, 9.17) is 2.51 Å². The van der Waals surface area contributed by atoms with Crippen molar-refractivity contribution in [3.05, 3.63) is 54.2 Å². The van der Waals surface area contributed by atoms with Crippen molar-refractivity contribution >= 4 is 69.1 Å². The van der Waals surface area contributed by atoms with Crippen LogP contribution in [0.15, 0.2) is 42.9 Å². The van der Waals surface area contributed by atoms with Gasteiger partial charge in [0.05, 0.1) is 0 Å². The lowest BCUT2D eigenvalue weighted by molar-refractivity contribution is 0.112. The predicted molar refractivity (Wildman–Crippen MR) is 130 cm³/mol. The van der Waals surface area contributed by atoms with Crippen molar-refractivity contribution in [2.45, 2.75) is 19.3 Å². The predicted octanol–water partition coefficient (Wildman–Crippen LogP) is 5.97. The van der Waals surface area contributed by atoms with Gasteiger partial charge in [0, 0.05) is 59.3 Å². The number of fused-ring (bicyclic) bond motifs is 2. The number of benzene rings is 1. The van der Waals surface area contributed by atoms with Gasteiger partial charge in [0.1, 0.15) is 46.6 Å². The van der Waals surface area contributed by atoms with Crippen LogP contribution in [0.2, 0.25) is 0 Å². The summed E-state index contributed by atoms with van der Waals surface area (Å²) >= 11 is 2.90. The van der Waals surface area contributed by atoms with Gasteiger partial charge in [-0.3, -0.25) is 13.8 Å². The highest BCUT2D eigenvalue weighted by Gasteiger charge is 2.19. The highest BCUT2D eigenvalue weighted by Crippen LogP contribution is 2.37. The van der Waals surface area contributed by atoms with Crippen LogP contribution in [-0.2, 0) is 2.51 Å². The summed E-state index contributed by atoms with van der Waals surface area (Å²) in [6, 6.07) is 7.22. The number of nitrogens with zero attached hydrogens (tertiary/aromatic N) is 4. The third kappa shape index (κ3) is 3.79. The maximum atomic E-state index is 15.2. The van der Waals surface area contributed by atoms with Gasteiger partial charge in [0.2, 0.25) is 0 Å². The zero-order valence-electron chi connectivity index (χ0n) is 16.4. The van der Waals surface area contributed by atoms with E-state index in [0.717, 1.165) is 66.5 Å². The summed E-state index contributed by atoms with van der Waals surface area (Å²) < 4.78 is 22.1. The lowest BCUT2D eigenvalue weighted by Crippen LogP contribution is -2.29. The van der Waals surface area contributed by atoms with Crippen molar-refractivity contribution in [1.82, 2.24) is 13.9 Å². The summed E-state index contributed by atoms with van der Waals surface area (Å²) in [6.45, 7) is 1.92. The first-order valence-electron chi connectivity index (χ1n) is 9.95. The molecule has 9 heteroatoms. The normalized spacial score (nSPS) is 14.5. The summed E-state index contributed by atoms with van der Waals surface area (Å²) in [4.78, 5) is 22.3. The molecule has 0 aliphatic carbocycles. The van der Waals surface area contributed by atoms with E-state index in [9.17, 15) is 4.79 Å². The lowest BCUT2D eigenvalue weighted by Gasteiger charge is -2.29. The molecule has 4 aromatic rings. The lowest BCUT2D eigenvalue weighted by atomic mass is 10.0. The van der Waals surface area contributed by atoms with Gasteiger partial charge < -0.3 is 4.90 Å². The zero-order chi connectivity index (χ0) is 21.4. The zero-order valence-corrected chi connectivity index (χ0v) is 19.4. The second-order valence-electron chi connectivity index (χ2n) is 7.50. The first kappa shape index (κ1) is 20.7. The number of anilines is 1. The molecule has 6 nitrogen and oxygen atoms in total. The number of hydrogen-bond donors (Lipinski definition) is 0. The Bertz CT molecular complexity index is 1290. The number of piperidine rings is 1. The molecule has 0 spiro atoms. The first-order chi connectivity index (χ1) is 15.2. The molecule has 0 unspecified atom stereocenters. The molecular formula is C22H18FIN4O2S. The summed E-state index contributed by atoms with van der Waals surface area (Å²) in [6.07, 6.45) is 9.29. The fraction of sp³-hybridized carbons (Fsp3) is 0.227. The highest BCUT2D eigenvalue weighted by atomic mass is 127. The van der Waals surface area contributed by atoms with E-state index >= 15 is 4.39 Å². The van der Waals surface area contributed by atoms with E-state index < -0.39 is 0 Å². The standard InChI is InChI=1S/C22H18FIN4O2S/c23-19-10-15(9-17-20(4-5-25-21(17)19)27-6-2-1-3-7-27)18-12-28(31-30-24)22-16(18)8-14(13-29)11-26-22/h4-5,8-13H,1-3,6-7H2. The molecule has 0 N–H and O–H groups in total. The summed E-state index contributed by atoms with van der Waals surface area (Å²) in [5.74, 6) is -0.371. The Balaban J connectivity index is 1.73. The van der Waals surface area contributed by atoms with E-state index in [2.05, 4.69) is 14.9 Å². The van der Waals surface area contributed by atoms with Gasteiger partial charge in [0.15, 0.2) is 11.9 Å². The van der Waals surface area contributed by atoms with Gasteiger partial charge in [-0.2, -0.15) is 0 Å². The van der Waals surface area contributed by atoms with Crippen molar-refractivity contribution in [1.29, 1.82) is 0 Å². The molecule has 0 amide bonds. The smallest absolute Gasteiger partial charge is 0.152 e. The Morgan fingerprint density at radius 2 is 1.97 bits per heavy atom. The molecule has 0 bridgehead atoms. The first-order valence-corrected chi connectivity index (χ1v) is 11.5. The minimum absolute atomic E-state index is 0.368. The van der Waals surface area contributed by atoms with Gasteiger partial charge in [-0.25, -0.2) is 11.9 Å². The molecule has 1 aromatic carbocycles. The maximum absolute atomic E-state index is 15.2. The molecule has 31 heavy (non-hydrogen) atoms. The summed E-state index contributed by atoms with van der Waals surface area (Å²) in [7, 11) is 0. The number of rotatable bonds is 5. The van der Waals surface area contributed by atoms with Crippen molar-refractivity contribution < 1.29 is 11.7 Å². The van der Waals surface area contributed by atoms with E-state index in [1.54, 1.807) is 39.2 Å². The Morgan fingerprint density at radius 1 is 1.13 bits per heavy atom. The van der Waals surface area contributed by atoms with Crippen LogP contribution in [0.1, 0.15) is 29.6 Å². The average molecular weight is 548 g/mol. The molecule has 0 saturated carbocycles. The number of pyridine rings is 2. The third-order valence-electron chi connectivity index (χ3n) is 5.66. The molecule has 1 aliphatic rings. The molecule has 5 rings (SSSR count). The van der Waals surface area contributed by atoms with Crippen LogP contribution >= 0.6 is 35.2 Å². The van der Waals surface area contributed by atoms with Gasteiger partial charge in [-0.05, 0) is 49.1 Å². The van der Waals surface area contributed by atoms with E-state index in [1.807, 2.05) is 18.3 Å².